The van der Waals surface area contributed by atoms with Crippen LogP contribution in [0.25, 0.3) is 0 Å². The van der Waals surface area contributed by atoms with Gasteiger partial charge in [-0.05, 0) is 12.8 Å². The first-order valence-corrected chi connectivity index (χ1v) is 3.65. The summed E-state index contributed by atoms with van der Waals surface area (Å²) in [6, 6.07) is 0. The molecule has 0 aliphatic heterocycles. The molecule has 0 saturated heterocycles. The lowest BCUT2D eigenvalue weighted by Gasteiger charge is -1.89. The Kier molecular flexibility index (Phi) is 5.83. The summed E-state index contributed by atoms with van der Waals surface area (Å²) < 4.78 is 0. The second-order valence-corrected chi connectivity index (χ2v) is 2.22. The van der Waals surface area contributed by atoms with Crippen LogP contribution in [0.1, 0.15) is 32.6 Å². The lowest BCUT2D eigenvalue weighted by Crippen LogP contribution is -1.82. The summed E-state index contributed by atoms with van der Waals surface area (Å²) in [7, 11) is 0. The Balaban J connectivity index is 3.10. The SMILES string of the molecule is CCCCCC=CC([O])=O. The average molecular weight is 141 g/mol. The van der Waals surface area contributed by atoms with Gasteiger partial charge in [0, 0.05) is 6.08 Å². The Morgan fingerprint density at radius 2 is 2.10 bits per heavy atom. The maximum Gasteiger partial charge on any atom is 0.378 e. The Morgan fingerprint density at radius 1 is 1.40 bits per heavy atom. The van der Waals surface area contributed by atoms with Gasteiger partial charge < -0.3 is 0 Å². The van der Waals surface area contributed by atoms with Crippen LogP contribution in [0, 0.1) is 0 Å². The molecule has 0 aromatic rings. The molecule has 10 heavy (non-hydrogen) atoms. The van der Waals surface area contributed by atoms with Gasteiger partial charge in [0.15, 0.2) is 0 Å². The van der Waals surface area contributed by atoms with Crippen LogP contribution in [0.4, 0.5) is 0 Å². The van der Waals surface area contributed by atoms with Crippen molar-refractivity contribution in [3.05, 3.63) is 12.2 Å². The molecular formula is C8H13O2. The van der Waals surface area contributed by atoms with Crippen LogP contribution < -0.4 is 0 Å². The van der Waals surface area contributed by atoms with E-state index in [2.05, 4.69) is 6.92 Å². The van der Waals surface area contributed by atoms with Crippen molar-refractivity contribution in [1.29, 1.82) is 0 Å². The number of allylic oxidation sites excluding steroid dienone is 1. The normalized spacial score (nSPS) is 10.5. The van der Waals surface area contributed by atoms with Gasteiger partial charge in [-0.2, -0.15) is 0 Å². The second kappa shape index (κ2) is 6.33. The van der Waals surface area contributed by atoms with Crippen molar-refractivity contribution in [3.63, 3.8) is 0 Å². The van der Waals surface area contributed by atoms with E-state index in [4.69, 9.17) is 0 Å². The molecule has 0 amide bonds. The van der Waals surface area contributed by atoms with Crippen LogP contribution in [0.3, 0.4) is 0 Å². The molecule has 0 heterocycles. The van der Waals surface area contributed by atoms with Crippen LogP contribution in [0.15, 0.2) is 12.2 Å². The predicted octanol–water partition coefficient (Wildman–Crippen LogP) is 2.08. The Morgan fingerprint density at radius 3 is 2.60 bits per heavy atom. The van der Waals surface area contributed by atoms with Crippen LogP contribution in [0.5, 0.6) is 0 Å². The molecule has 0 atom stereocenters. The quantitative estimate of drug-likeness (QED) is 0.426. The van der Waals surface area contributed by atoms with Gasteiger partial charge in [0.25, 0.3) is 0 Å². The second-order valence-electron chi connectivity index (χ2n) is 2.22. The van der Waals surface area contributed by atoms with Crippen LogP contribution in [-0.4, -0.2) is 5.97 Å². The predicted molar refractivity (Wildman–Crippen MR) is 39.0 cm³/mol. The number of rotatable bonds is 5. The van der Waals surface area contributed by atoms with Gasteiger partial charge in [0.1, 0.15) is 0 Å². The maximum atomic E-state index is 9.83. The Bertz CT molecular complexity index is 116. The van der Waals surface area contributed by atoms with E-state index in [1.54, 1.807) is 6.08 Å². The van der Waals surface area contributed by atoms with Gasteiger partial charge in [0.2, 0.25) is 0 Å². The highest BCUT2D eigenvalue weighted by Crippen LogP contribution is 1.98. The summed E-state index contributed by atoms with van der Waals surface area (Å²) in [5.41, 5.74) is 0. The minimum absolute atomic E-state index is 0.849. The molecule has 2 nitrogen and oxygen atoms in total. The Labute approximate surface area is 61.6 Å². The average Bonchev–Trinajstić information content (AvgIpc) is 1.87. The number of unbranched alkanes of at least 4 members (excludes halogenated alkanes) is 3. The molecule has 0 aliphatic rings. The molecule has 0 saturated carbocycles. The highest BCUT2D eigenvalue weighted by Gasteiger charge is 1.87. The summed E-state index contributed by atoms with van der Waals surface area (Å²) in [5.74, 6) is -1.10. The zero-order valence-corrected chi connectivity index (χ0v) is 6.30. The fourth-order valence-electron chi connectivity index (χ4n) is 0.692. The van der Waals surface area contributed by atoms with E-state index in [0.717, 1.165) is 25.3 Å². The smallest absolute Gasteiger partial charge is 0.242 e. The third kappa shape index (κ3) is 7.21. The fourth-order valence-corrected chi connectivity index (χ4v) is 0.692. The van der Waals surface area contributed by atoms with Crippen molar-refractivity contribution in [3.8, 4) is 0 Å². The molecule has 0 bridgehead atoms. The zero-order chi connectivity index (χ0) is 7.82. The lowest BCUT2D eigenvalue weighted by atomic mass is 10.2. The molecule has 1 radical (unpaired) electrons. The van der Waals surface area contributed by atoms with E-state index < -0.39 is 5.97 Å². The highest BCUT2D eigenvalue weighted by atomic mass is 16.4. The molecule has 0 aliphatic carbocycles. The first-order valence-electron chi connectivity index (χ1n) is 3.65. The Hall–Kier alpha value is -0.790. The summed E-state index contributed by atoms with van der Waals surface area (Å²) in [5, 5.41) is 9.83. The number of carbonyl (C=O) groups is 1. The third-order valence-corrected chi connectivity index (χ3v) is 1.23. The number of hydrogen-bond acceptors (Lipinski definition) is 1. The summed E-state index contributed by atoms with van der Waals surface area (Å²) in [6.45, 7) is 2.11. The highest BCUT2D eigenvalue weighted by molar-refractivity contribution is 5.79. The molecule has 0 N–H and O–H groups in total. The van der Waals surface area contributed by atoms with Gasteiger partial charge in [-0.25, -0.2) is 9.90 Å². The van der Waals surface area contributed by atoms with E-state index in [1.165, 1.54) is 6.42 Å². The molecule has 0 rings (SSSR count). The molecular weight excluding hydrogens is 128 g/mol. The van der Waals surface area contributed by atoms with Crippen molar-refractivity contribution >= 4 is 5.97 Å². The first-order chi connectivity index (χ1) is 4.77. The molecule has 0 fully saturated rings. The van der Waals surface area contributed by atoms with Crippen molar-refractivity contribution < 1.29 is 9.90 Å². The van der Waals surface area contributed by atoms with Gasteiger partial charge in [-0.1, -0.05) is 25.8 Å². The van der Waals surface area contributed by atoms with Crippen LogP contribution in [-0.2, 0) is 9.90 Å². The van der Waals surface area contributed by atoms with Gasteiger partial charge in [-0.3, -0.25) is 0 Å². The largest absolute Gasteiger partial charge is 0.378 e. The zero-order valence-electron chi connectivity index (χ0n) is 6.30. The summed E-state index contributed by atoms with van der Waals surface area (Å²) in [4.78, 5) is 9.83. The summed E-state index contributed by atoms with van der Waals surface area (Å²) >= 11 is 0. The van der Waals surface area contributed by atoms with Crippen LogP contribution in [0.2, 0.25) is 0 Å². The topological polar surface area (TPSA) is 37.0 Å². The van der Waals surface area contributed by atoms with E-state index >= 15 is 0 Å². The van der Waals surface area contributed by atoms with Crippen molar-refractivity contribution in [1.82, 2.24) is 0 Å². The maximum absolute atomic E-state index is 9.83. The molecule has 0 aromatic heterocycles. The van der Waals surface area contributed by atoms with Crippen molar-refractivity contribution in [2.45, 2.75) is 32.6 Å². The molecule has 0 aromatic carbocycles. The van der Waals surface area contributed by atoms with E-state index in [9.17, 15) is 9.90 Å². The minimum Gasteiger partial charge on any atom is -0.242 e. The standard InChI is InChI=1S/C8H13O2/c1-2-3-4-5-6-7-8(9)10/h6-7H,2-5H2,1H3. The molecule has 0 unspecified atom stereocenters. The van der Waals surface area contributed by atoms with Crippen LogP contribution >= 0.6 is 0 Å². The number of hydrogen-bond donors (Lipinski definition) is 0. The van der Waals surface area contributed by atoms with E-state index in [0.29, 0.717) is 0 Å². The van der Waals surface area contributed by atoms with Gasteiger partial charge in [0.05, 0.1) is 0 Å². The molecule has 0 spiro atoms. The number of carbonyl (C=O) groups excluding carboxylic acids is 1. The van der Waals surface area contributed by atoms with Crippen molar-refractivity contribution in [2.24, 2.45) is 0 Å². The monoisotopic (exact) mass is 141 g/mol. The fraction of sp³-hybridized carbons (Fsp3) is 0.625. The summed E-state index contributed by atoms with van der Waals surface area (Å²) in [6.07, 6.45) is 6.99. The van der Waals surface area contributed by atoms with E-state index in [-0.39, 0.29) is 0 Å². The first kappa shape index (κ1) is 9.21. The molecule has 57 valence electrons. The minimum atomic E-state index is -1.10. The lowest BCUT2D eigenvalue weighted by molar-refractivity contribution is -0.137. The third-order valence-electron chi connectivity index (χ3n) is 1.23. The van der Waals surface area contributed by atoms with Crippen molar-refractivity contribution in [2.75, 3.05) is 0 Å². The molecule has 2 heteroatoms. The van der Waals surface area contributed by atoms with Gasteiger partial charge >= 0.3 is 5.97 Å². The van der Waals surface area contributed by atoms with Gasteiger partial charge in [-0.15, -0.1) is 0 Å². The van der Waals surface area contributed by atoms with E-state index in [1.807, 2.05) is 0 Å².